The molecule has 0 saturated carbocycles. The molecule has 0 spiro atoms. The maximum absolute atomic E-state index is 12.3. The van der Waals surface area contributed by atoms with E-state index in [4.69, 9.17) is 4.74 Å². The van der Waals surface area contributed by atoms with E-state index in [1.807, 2.05) is 0 Å². The number of phenolic OH excluding ortho intramolecular Hbond substituents is 1. The van der Waals surface area contributed by atoms with Gasteiger partial charge in [0.1, 0.15) is 6.21 Å². The maximum atomic E-state index is 12.3. The minimum absolute atomic E-state index is 0.0169. The highest BCUT2D eigenvalue weighted by atomic mass is 79.9. The van der Waals surface area contributed by atoms with Gasteiger partial charge in [0.05, 0.1) is 17.8 Å². The van der Waals surface area contributed by atoms with Crippen LogP contribution in [0.15, 0.2) is 57.3 Å². The number of fused-ring (bicyclic) bond motifs is 1. The number of hydrogen-bond acceptors (Lipinski definition) is 6. The first-order valence-electron chi connectivity index (χ1n) is 7.38. The fourth-order valence-electron chi connectivity index (χ4n) is 2.31. The van der Waals surface area contributed by atoms with Crippen molar-refractivity contribution in [3.63, 3.8) is 0 Å². The molecule has 3 rings (SSSR count). The zero-order valence-corrected chi connectivity index (χ0v) is 15.1. The quantitative estimate of drug-likeness (QED) is 0.303. The molecule has 0 aliphatic rings. The van der Waals surface area contributed by atoms with Crippen molar-refractivity contribution in [3.8, 4) is 11.5 Å². The van der Waals surface area contributed by atoms with Crippen LogP contribution in [0.25, 0.3) is 11.0 Å². The Hall–Kier alpha value is -3.20. The Morgan fingerprint density at radius 1 is 1.12 bits per heavy atom. The normalized spacial score (nSPS) is 11.6. The molecule has 3 aromatic rings. The summed E-state index contributed by atoms with van der Waals surface area (Å²) >= 11 is 3.21. The number of aromatic hydroxyl groups is 1. The Morgan fingerprint density at radius 2 is 1.81 bits per heavy atom. The molecule has 26 heavy (non-hydrogen) atoms. The summed E-state index contributed by atoms with van der Waals surface area (Å²) < 4.78 is 6.72. The standard InChI is InChI=1S/C17H13BrN4O4/c1-26-16-7-11(6-13(18)17(16)23)8-19-20-9-12-10-21(24)14-4-2-3-5-15(14)22(12)25/h2-10,23H,1H3/b19-8-,20-9-. The van der Waals surface area contributed by atoms with E-state index in [2.05, 4.69) is 26.1 Å². The average Bonchev–Trinajstić information content (AvgIpc) is 2.65. The third-order valence-electron chi connectivity index (χ3n) is 3.56. The van der Waals surface area contributed by atoms with E-state index in [9.17, 15) is 15.5 Å². The van der Waals surface area contributed by atoms with Gasteiger partial charge in [-0.3, -0.25) is 0 Å². The smallest absolute Gasteiger partial charge is 0.302 e. The van der Waals surface area contributed by atoms with Gasteiger partial charge in [-0.1, -0.05) is 12.1 Å². The van der Waals surface area contributed by atoms with Crippen molar-refractivity contribution in [2.45, 2.75) is 0 Å². The Bertz CT molecular complexity index is 1040. The molecule has 9 heteroatoms. The average molecular weight is 417 g/mol. The van der Waals surface area contributed by atoms with Crippen LogP contribution in [0.1, 0.15) is 11.3 Å². The van der Waals surface area contributed by atoms with Crippen LogP contribution in [0.4, 0.5) is 0 Å². The summed E-state index contributed by atoms with van der Waals surface area (Å²) in [6.07, 6.45) is 3.75. The number of methoxy groups -OCH3 is 1. The van der Waals surface area contributed by atoms with Crippen molar-refractivity contribution in [2.24, 2.45) is 10.2 Å². The largest absolute Gasteiger partial charge is 0.618 e. The van der Waals surface area contributed by atoms with E-state index in [0.29, 0.717) is 19.5 Å². The molecule has 0 radical (unpaired) electrons. The zero-order chi connectivity index (χ0) is 18.7. The summed E-state index contributed by atoms with van der Waals surface area (Å²) in [4.78, 5) is 0. The van der Waals surface area contributed by atoms with Crippen molar-refractivity contribution in [3.05, 3.63) is 68.7 Å². The van der Waals surface area contributed by atoms with Crippen LogP contribution in [0.5, 0.6) is 11.5 Å². The summed E-state index contributed by atoms with van der Waals surface area (Å²) in [5, 5.41) is 41.7. The van der Waals surface area contributed by atoms with Gasteiger partial charge in [0, 0.05) is 12.1 Å². The van der Waals surface area contributed by atoms with Crippen LogP contribution < -0.4 is 14.2 Å². The van der Waals surface area contributed by atoms with Gasteiger partial charge < -0.3 is 20.3 Å². The minimum atomic E-state index is -0.0169. The molecule has 0 atom stereocenters. The number of halogens is 1. The first-order valence-corrected chi connectivity index (χ1v) is 8.18. The van der Waals surface area contributed by atoms with Crippen LogP contribution in [-0.2, 0) is 0 Å². The maximum Gasteiger partial charge on any atom is 0.302 e. The lowest BCUT2D eigenvalue weighted by Gasteiger charge is -2.05. The third-order valence-corrected chi connectivity index (χ3v) is 4.16. The first-order chi connectivity index (χ1) is 12.5. The molecule has 0 saturated heterocycles. The van der Waals surface area contributed by atoms with Gasteiger partial charge in [-0.15, -0.1) is 0 Å². The highest BCUT2D eigenvalue weighted by Gasteiger charge is 2.17. The number of para-hydroxylation sites is 2. The first kappa shape index (κ1) is 17.6. The van der Waals surface area contributed by atoms with E-state index in [1.54, 1.807) is 36.4 Å². The monoisotopic (exact) mass is 416 g/mol. The molecule has 8 nitrogen and oxygen atoms in total. The number of rotatable bonds is 4. The van der Waals surface area contributed by atoms with Gasteiger partial charge in [0.15, 0.2) is 11.5 Å². The van der Waals surface area contributed by atoms with Crippen molar-refractivity contribution < 1.29 is 19.3 Å². The van der Waals surface area contributed by atoms with Crippen molar-refractivity contribution in [2.75, 3.05) is 7.11 Å². The van der Waals surface area contributed by atoms with Crippen LogP contribution in [-0.4, -0.2) is 24.6 Å². The number of hydrogen-bond donors (Lipinski definition) is 1. The second-order valence-electron chi connectivity index (χ2n) is 5.21. The lowest BCUT2D eigenvalue weighted by Crippen LogP contribution is -2.41. The van der Waals surface area contributed by atoms with E-state index in [1.165, 1.54) is 19.5 Å². The van der Waals surface area contributed by atoms with Crippen molar-refractivity contribution in [1.29, 1.82) is 0 Å². The van der Waals surface area contributed by atoms with Gasteiger partial charge in [0.2, 0.25) is 0 Å². The molecule has 1 aromatic heterocycles. The topological polar surface area (TPSA) is 108 Å². The molecule has 2 aromatic carbocycles. The second-order valence-corrected chi connectivity index (χ2v) is 6.06. The number of benzene rings is 2. The Morgan fingerprint density at radius 3 is 2.54 bits per heavy atom. The predicted molar refractivity (Wildman–Crippen MR) is 99.4 cm³/mol. The van der Waals surface area contributed by atoms with Crippen LogP contribution in [0.2, 0.25) is 0 Å². The third kappa shape index (κ3) is 3.42. The van der Waals surface area contributed by atoms with Gasteiger partial charge in [0.25, 0.3) is 17.2 Å². The molecule has 0 amide bonds. The van der Waals surface area contributed by atoms with Gasteiger partial charge in [-0.25, -0.2) is 0 Å². The molecule has 0 bridgehead atoms. The summed E-state index contributed by atoms with van der Waals surface area (Å²) in [6, 6.07) is 9.68. The molecule has 0 fully saturated rings. The zero-order valence-electron chi connectivity index (χ0n) is 13.5. The van der Waals surface area contributed by atoms with Crippen LogP contribution in [0.3, 0.4) is 0 Å². The van der Waals surface area contributed by atoms with Gasteiger partial charge >= 0.3 is 5.69 Å². The van der Waals surface area contributed by atoms with E-state index in [0.717, 1.165) is 6.20 Å². The summed E-state index contributed by atoms with van der Waals surface area (Å²) in [5.74, 6) is 0.265. The molecule has 1 N–H and O–H groups in total. The van der Waals surface area contributed by atoms with Crippen LogP contribution >= 0.6 is 15.9 Å². The molecule has 0 aliphatic heterocycles. The second kappa shape index (κ2) is 7.36. The predicted octanol–water partition coefficient (Wildman–Crippen LogP) is 2.04. The summed E-state index contributed by atoms with van der Waals surface area (Å²) in [7, 11) is 1.44. The van der Waals surface area contributed by atoms with E-state index >= 15 is 0 Å². The van der Waals surface area contributed by atoms with Crippen molar-refractivity contribution >= 4 is 39.4 Å². The fourth-order valence-corrected chi connectivity index (χ4v) is 2.77. The van der Waals surface area contributed by atoms with Gasteiger partial charge in [-0.05, 0) is 33.6 Å². The van der Waals surface area contributed by atoms with Gasteiger partial charge in [-0.2, -0.15) is 19.7 Å². The Labute approximate surface area is 156 Å². The molecular weight excluding hydrogens is 404 g/mol. The Balaban J connectivity index is 1.87. The highest BCUT2D eigenvalue weighted by molar-refractivity contribution is 9.10. The van der Waals surface area contributed by atoms with Crippen LogP contribution in [0, 0.1) is 10.4 Å². The van der Waals surface area contributed by atoms with E-state index < -0.39 is 0 Å². The SMILES string of the molecule is COc1cc(/C=N\N=C/c2c[n+]([O-])c3ccccc3[n+]2[O-])cc(Br)c1O. The van der Waals surface area contributed by atoms with Crippen molar-refractivity contribution in [1.82, 2.24) is 0 Å². The Kier molecular flexibility index (Phi) is 4.99. The lowest BCUT2D eigenvalue weighted by molar-refractivity contribution is -0.629. The van der Waals surface area contributed by atoms with E-state index in [-0.39, 0.29) is 28.2 Å². The minimum Gasteiger partial charge on any atom is -0.618 e. The number of phenols is 1. The fraction of sp³-hybridized carbons (Fsp3) is 0.0588. The summed E-state index contributed by atoms with van der Waals surface area (Å²) in [5.41, 5.74) is 1.18. The lowest BCUT2D eigenvalue weighted by atomic mass is 10.2. The number of aromatic nitrogens is 2. The molecule has 132 valence electrons. The summed E-state index contributed by atoms with van der Waals surface area (Å²) in [6.45, 7) is 0. The molecule has 1 heterocycles. The molecular formula is C17H13BrN4O4. The number of nitrogens with zero attached hydrogens (tertiary/aromatic N) is 4. The molecule has 0 unspecified atom stereocenters. The highest BCUT2D eigenvalue weighted by Crippen LogP contribution is 2.34. The number of ether oxygens (including phenoxy) is 1. The molecule has 0 aliphatic carbocycles.